The molecule has 2 nitrogen and oxygen atoms in total. The Morgan fingerprint density at radius 1 is 1.31 bits per heavy atom. The van der Waals surface area contributed by atoms with E-state index in [1.165, 1.54) is 6.07 Å². The quantitative estimate of drug-likeness (QED) is 0.780. The van der Waals surface area contributed by atoms with Crippen LogP contribution in [-0.4, -0.2) is 17.8 Å². The summed E-state index contributed by atoms with van der Waals surface area (Å²) in [6, 6.07) is 6.71. The molecule has 16 heavy (non-hydrogen) atoms. The van der Waals surface area contributed by atoms with Crippen molar-refractivity contribution in [2.45, 2.75) is 38.8 Å². The minimum Gasteiger partial charge on any atom is -0.392 e. The summed E-state index contributed by atoms with van der Waals surface area (Å²) in [6.45, 7) is 4.53. The lowest BCUT2D eigenvalue weighted by Gasteiger charge is -2.19. The van der Waals surface area contributed by atoms with Gasteiger partial charge in [0.25, 0.3) is 0 Å². The van der Waals surface area contributed by atoms with Gasteiger partial charge >= 0.3 is 0 Å². The van der Waals surface area contributed by atoms with E-state index in [-0.39, 0.29) is 18.0 Å². The van der Waals surface area contributed by atoms with Crippen LogP contribution >= 0.6 is 0 Å². The Balaban J connectivity index is 2.60. The number of halogens is 1. The van der Waals surface area contributed by atoms with Crippen molar-refractivity contribution in [3.05, 3.63) is 35.6 Å². The largest absolute Gasteiger partial charge is 0.392 e. The van der Waals surface area contributed by atoms with Gasteiger partial charge in [0, 0.05) is 12.6 Å². The average molecular weight is 225 g/mol. The molecular weight excluding hydrogens is 205 g/mol. The van der Waals surface area contributed by atoms with E-state index < -0.39 is 0 Å². The maximum absolute atomic E-state index is 13.1. The summed E-state index contributed by atoms with van der Waals surface area (Å²) in [4.78, 5) is 0. The zero-order chi connectivity index (χ0) is 12.0. The highest BCUT2D eigenvalue weighted by Gasteiger charge is 2.10. The number of hydrogen-bond acceptors (Lipinski definition) is 2. The Bertz CT molecular complexity index is 317. The first kappa shape index (κ1) is 13.1. The van der Waals surface area contributed by atoms with E-state index in [4.69, 9.17) is 0 Å². The van der Waals surface area contributed by atoms with E-state index >= 15 is 0 Å². The van der Waals surface area contributed by atoms with Gasteiger partial charge in [-0.3, -0.25) is 0 Å². The van der Waals surface area contributed by atoms with E-state index in [2.05, 4.69) is 5.32 Å². The van der Waals surface area contributed by atoms with Crippen molar-refractivity contribution in [1.29, 1.82) is 0 Å². The zero-order valence-corrected chi connectivity index (χ0v) is 9.91. The molecule has 0 aromatic heterocycles. The molecule has 0 radical (unpaired) electrons. The first-order valence-corrected chi connectivity index (χ1v) is 5.84. The summed E-state index contributed by atoms with van der Waals surface area (Å²) in [5.74, 6) is -0.214. The lowest BCUT2D eigenvalue weighted by molar-refractivity contribution is 0.162. The number of benzene rings is 1. The second kappa shape index (κ2) is 6.61. The van der Waals surface area contributed by atoms with Crippen LogP contribution in [0.4, 0.5) is 4.39 Å². The van der Waals surface area contributed by atoms with Gasteiger partial charge in [-0.2, -0.15) is 0 Å². The Morgan fingerprint density at radius 3 is 2.62 bits per heavy atom. The fourth-order valence-corrected chi connectivity index (χ4v) is 1.64. The summed E-state index contributed by atoms with van der Waals surface area (Å²) in [7, 11) is 0. The predicted molar refractivity (Wildman–Crippen MR) is 63.7 cm³/mol. The first-order chi connectivity index (χ1) is 7.67. The number of rotatable bonds is 6. The molecule has 90 valence electrons. The van der Waals surface area contributed by atoms with Crippen molar-refractivity contribution < 1.29 is 9.50 Å². The fourth-order valence-electron chi connectivity index (χ4n) is 1.64. The SMILES string of the molecule is CCC(O)CNC(CC)c1cccc(F)c1. The second-order valence-electron chi connectivity index (χ2n) is 3.99. The highest BCUT2D eigenvalue weighted by Crippen LogP contribution is 2.17. The molecule has 1 aromatic carbocycles. The molecule has 0 aliphatic rings. The minimum absolute atomic E-state index is 0.108. The van der Waals surface area contributed by atoms with E-state index in [0.717, 1.165) is 18.4 Å². The molecule has 2 atom stereocenters. The van der Waals surface area contributed by atoms with Crippen molar-refractivity contribution in [2.24, 2.45) is 0 Å². The van der Waals surface area contributed by atoms with Crippen molar-refractivity contribution in [1.82, 2.24) is 5.32 Å². The van der Waals surface area contributed by atoms with Gasteiger partial charge in [0.15, 0.2) is 0 Å². The molecule has 2 N–H and O–H groups in total. The van der Waals surface area contributed by atoms with Crippen LogP contribution in [0.2, 0.25) is 0 Å². The number of aliphatic hydroxyl groups excluding tert-OH is 1. The normalized spacial score (nSPS) is 14.8. The van der Waals surface area contributed by atoms with Crippen LogP contribution in [0.3, 0.4) is 0 Å². The van der Waals surface area contributed by atoms with Gasteiger partial charge in [0.2, 0.25) is 0 Å². The first-order valence-electron chi connectivity index (χ1n) is 5.84. The van der Waals surface area contributed by atoms with Gasteiger partial charge in [-0.25, -0.2) is 4.39 Å². The fraction of sp³-hybridized carbons (Fsp3) is 0.538. The molecule has 0 bridgehead atoms. The molecule has 1 aromatic rings. The minimum atomic E-state index is -0.331. The molecule has 2 unspecified atom stereocenters. The van der Waals surface area contributed by atoms with E-state index in [0.29, 0.717) is 6.54 Å². The highest BCUT2D eigenvalue weighted by atomic mass is 19.1. The Kier molecular flexibility index (Phi) is 5.43. The molecule has 1 rings (SSSR count). The van der Waals surface area contributed by atoms with Crippen LogP contribution in [0.25, 0.3) is 0 Å². The van der Waals surface area contributed by atoms with Crippen LogP contribution in [-0.2, 0) is 0 Å². The van der Waals surface area contributed by atoms with E-state index in [1.807, 2.05) is 19.9 Å². The van der Waals surface area contributed by atoms with E-state index in [1.54, 1.807) is 12.1 Å². The average Bonchev–Trinajstić information content (AvgIpc) is 2.29. The van der Waals surface area contributed by atoms with Crippen molar-refractivity contribution in [2.75, 3.05) is 6.54 Å². The topological polar surface area (TPSA) is 32.3 Å². The van der Waals surface area contributed by atoms with Gasteiger partial charge in [-0.05, 0) is 30.5 Å². The maximum Gasteiger partial charge on any atom is 0.123 e. The lowest BCUT2D eigenvalue weighted by atomic mass is 10.0. The third kappa shape index (κ3) is 3.91. The van der Waals surface area contributed by atoms with Crippen molar-refractivity contribution >= 4 is 0 Å². The molecule has 0 aliphatic heterocycles. The molecule has 0 saturated carbocycles. The smallest absolute Gasteiger partial charge is 0.123 e. The van der Waals surface area contributed by atoms with Gasteiger partial charge in [-0.15, -0.1) is 0 Å². The summed E-state index contributed by atoms with van der Waals surface area (Å²) in [6.07, 6.45) is 1.27. The molecule has 0 heterocycles. The Labute approximate surface area is 96.5 Å². The van der Waals surface area contributed by atoms with Crippen LogP contribution < -0.4 is 5.32 Å². The van der Waals surface area contributed by atoms with Gasteiger partial charge in [-0.1, -0.05) is 26.0 Å². The van der Waals surface area contributed by atoms with Gasteiger partial charge in [0.05, 0.1) is 6.10 Å². The van der Waals surface area contributed by atoms with Crippen LogP contribution in [0.1, 0.15) is 38.3 Å². The monoisotopic (exact) mass is 225 g/mol. The van der Waals surface area contributed by atoms with Gasteiger partial charge in [0.1, 0.15) is 5.82 Å². The predicted octanol–water partition coefficient (Wildman–Crippen LogP) is 2.64. The third-order valence-corrected chi connectivity index (χ3v) is 2.73. The summed E-state index contributed by atoms with van der Waals surface area (Å²) in [5, 5.41) is 12.7. The Morgan fingerprint density at radius 2 is 2.06 bits per heavy atom. The summed E-state index contributed by atoms with van der Waals surface area (Å²) >= 11 is 0. The van der Waals surface area contributed by atoms with Crippen LogP contribution in [0.15, 0.2) is 24.3 Å². The van der Waals surface area contributed by atoms with Crippen LogP contribution in [0.5, 0.6) is 0 Å². The number of hydrogen-bond donors (Lipinski definition) is 2. The third-order valence-electron chi connectivity index (χ3n) is 2.73. The standard InChI is InChI=1S/C13H20FNO/c1-3-12(16)9-15-13(4-2)10-6-5-7-11(14)8-10/h5-8,12-13,15-16H,3-4,9H2,1-2H3. The van der Waals surface area contributed by atoms with Crippen LogP contribution in [0, 0.1) is 5.82 Å². The highest BCUT2D eigenvalue weighted by molar-refractivity contribution is 5.20. The van der Waals surface area contributed by atoms with E-state index in [9.17, 15) is 9.50 Å². The maximum atomic E-state index is 13.1. The molecule has 0 aliphatic carbocycles. The van der Waals surface area contributed by atoms with Crippen molar-refractivity contribution in [3.8, 4) is 0 Å². The number of nitrogens with one attached hydrogen (secondary N) is 1. The molecule has 0 saturated heterocycles. The summed E-state index contributed by atoms with van der Waals surface area (Å²) < 4.78 is 13.1. The van der Waals surface area contributed by atoms with Gasteiger partial charge < -0.3 is 10.4 Å². The molecular formula is C13H20FNO. The molecule has 0 spiro atoms. The van der Waals surface area contributed by atoms with Crippen molar-refractivity contribution in [3.63, 3.8) is 0 Å². The molecule has 0 fully saturated rings. The zero-order valence-electron chi connectivity index (χ0n) is 9.91. The second-order valence-corrected chi connectivity index (χ2v) is 3.99. The Hall–Kier alpha value is -0.930. The lowest BCUT2D eigenvalue weighted by Crippen LogP contribution is -2.29. The molecule has 0 amide bonds. The summed E-state index contributed by atoms with van der Waals surface area (Å²) in [5.41, 5.74) is 0.936. The molecule has 3 heteroatoms. The number of aliphatic hydroxyl groups is 1.